The Kier molecular flexibility index (Phi) is 3.05. The smallest absolute Gasteiger partial charge is 0.258 e. The van der Waals surface area contributed by atoms with Gasteiger partial charge in [-0.1, -0.05) is 33.2 Å². The van der Waals surface area contributed by atoms with Crippen molar-refractivity contribution < 1.29 is 4.52 Å². The van der Waals surface area contributed by atoms with Gasteiger partial charge in [-0.25, -0.2) is 0 Å². The molecule has 94 valence electrons. The fourth-order valence-corrected chi connectivity index (χ4v) is 2.01. The summed E-state index contributed by atoms with van der Waals surface area (Å²) in [6, 6.07) is 15.1. The number of hydrogen-bond acceptors (Lipinski definition) is 4. The molecular formula is C14H10BrN3O. The van der Waals surface area contributed by atoms with Crippen LogP contribution in [0.25, 0.3) is 22.8 Å². The van der Waals surface area contributed by atoms with Gasteiger partial charge in [0.25, 0.3) is 5.89 Å². The van der Waals surface area contributed by atoms with Crippen LogP contribution in [0.3, 0.4) is 0 Å². The molecule has 1 aromatic heterocycles. The normalized spacial score (nSPS) is 10.6. The first kappa shape index (κ1) is 11.9. The van der Waals surface area contributed by atoms with Crippen LogP contribution in [0, 0.1) is 0 Å². The highest BCUT2D eigenvalue weighted by atomic mass is 79.9. The first-order valence-electron chi connectivity index (χ1n) is 5.68. The van der Waals surface area contributed by atoms with E-state index in [0.29, 0.717) is 17.4 Å². The van der Waals surface area contributed by atoms with E-state index in [1.54, 1.807) is 0 Å². The van der Waals surface area contributed by atoms with Crippen LogP contribution in [0.2, 0.25) is 0 Å². The van der Waals surface area contributed by atoms with Crippen molar-refractivity contribution >= 4 is 21.6 Å². The van der Waals surface area contributed by atoms with E-state index in [2.05, 4.69) is 26.1 Å². The fraction of sp³-hybridized carbons (Fsp3) is 0. The zero-order valence-electron chi connectivity index (χ0n) is 9.88. The van der Waals surface area contributed by atoms with Crippen molar-refractivity contribution in [2.75, 3.05) is 5.73 Å². The molecule has 0 unspecified atom stereocenters. The highest BCUT2D eigenvalue weighted by Gasteiger charge is 2.12. The summed E-state index contributed by atoms with van der Waals surface area (Å²) in [5.41, 5.74) is 8.17. The lowest BCUT2D eigenvalue weighted by Gasteiger charge is -1.98. The van der Waals surface area contributed by atoms with Crippen molar-refractivity contribution in [3.8, 4) is 22.8 Å². The highest BCUT2D eigenvalue weighted by Crippen LogP contribution is 2.26. The molecule has 19 heavy (non-hydrogen) atoms. The molecule has 5 heteroatoms. The third kappa shape index (κ3) is 2.37. The van der Waals surface area contributed by atoms with E-state index in [4.69, 9.17) is 10.3 Å². The van der Waals surface area contributed by atoms with Gasteiger partial charge in [0.1, 0.15) is 0 Å². The number of hydrogen-bond donors (Lipinski definition) is 1. The number of nitrogens with zero attached hydrogens (tertiary/aromatic N) is 2. The number of halogens is 1. The van der Waals surface area contributed by atoms with Gasteiger partial charge in [0.2, 0.25) is 5.82 Å². The summed E-state index contributed by atoms with van der Waals surface area (Å²) in [6.45, 7) is 0. The van der Waals surface area contributed by atoms with Crippen LogP contribution in [0.15, 0.2) is 57.5 Å². The van der Waals surface area contributed by atoms with Crippen LogP contribution in [0.1, 0.15) is 0 Å². The summed E-state index contributed by atoms with van der Waals surface area (Å²) in [6.07, 6.45) is 0. The molecule has 0 saturated carbocycles. The number of rotatable bonds is 2. The van der Waals surface area contributed by atoms with Crippen LogP contribution in [-0.2, 0) is 0 Å². The monoisotopic (exact) mass is 315 g/mol. The number of nitrogen functional groups attached to an aromatic ring is 1. The maximum absolute atomic E-state index is 5.89. The highest BCUT2D eigenvalue weighted by molar-refractivity contribution is 9.10. The Balaban J connectivity index is 2.00. The van der Waals surface area contributed by atoms with Crippen LogP contribution >= 0.6 is 15.9 Å². The lowest BCUT2D eigenvalue weighted by atomic mass is 10.2. The molecule has 0 atom stereocenters. The SMILES string of the molecule is Nc1ccccc1-c1noc(-c2ccc(Br)cc2)n1. The van der Waals surface area contributed by atoms with Gasteiger partial charge in [-0.15, -0.1) is 0 Å². The number of benzene rings is 2. The lowest BCUT2D eigenvalue weighted by Crippen LogP contribution is -1.90. The molecule has 0 aliphatic carbocycles. The first-order chi connectivity index (χ1) is 9.24. The van der Waals surface area contributed by atoms with Gasteiger partial charge in [0.15, 0.2) is 0 Å². The van der Waals surface area contributed by atoms with E-state index in [-0.39, 0.29) is 0 Å². The molecule has 0 spiro atoms. The summed E-state index contributed by atoms with van der Waals surface area (Å²) in [5, 5.41) is 3.97. The van der Waals surface area contributed by atoms with Gasteiger partial charge in [-0.05, 0) is 36.4 Å². The van der Waals surface area contributed by atoms with Crippen molar-refractivity contribution in [1.82, 2.24) is 10.1 Å². The predicted molar refractivity (Wildman–Crippen MR) is 77.3 cm³/mol. The predicted octanol–water partition coefficient (Wildman–Crippen LogP) is 3.75. The van der Waals surface area contributed by atoms with Crippen LogP contribution < -0.4 is 5.73 Å². The van der Waals surface area contributed by atoms with Crippen LogP contribution in [0.4, 0.5) is 5.69 Å². The van der Waals surface area contributed by atoms with E-state index in [0.717, 1.165) is 15.6 Å². The van der Waals surface area contributed by atoms with Crippen molar-refractivity contribution in [2.24, 2.45) is 0 Å². The minimum atomic E-state index is 0.478. The lowest BCUT2D eigenvalue weighted by molar-refractivity contribution is 0.432. The summed E-state index contributed by atoms with van der Waals surface area (Å²) >= 11 is 3.39. The number of nitrogens with two attached hydrogens (primary N) is 1. The van der Waals surface area contributed by atoms with Gasteiger partial charge >= 0.3 is 0 Å². The fourth-order valence-electron chi connectivity index (χ4n) is 1.74. The van der Waals surface area contributed by atoms with Gasteiger partial charge in [-0.2, -0.15) is 4.98 Å². The second kappa shape index (κ2) is 4.85. The van der Waals surface area contributed by atoms with Gasteiger partial charge in [0.05, 0.1) is 0 Å². The van der Waals surface area contributed by atoms with Crippen LogP contribution in [-0.4, -0.2) is 10.1 Å². The van der Waals surface area contributed by atoms with E-state index < -0.39 is 0 Å². The molecule has 3 rings (SSSR count). The topological polar surface area (TPSA) is 64.9 Å². The quantitative estimate of drug-likeness (QED) is 0.731. The minimum Gasteiger partial charge on any atom is -0.398 e. The molecule has 0 aliphatic heterocycles. The van der Waals surface area contributed by atoms with Crippen molar-refractivity contribution in [1.29, 1.82) is 0 Å². The summed E-state index contributed by atoms with van der Waals surface area (Å²) < 4.78 is 6.27. The second-order valence-corrected chi connectivity index (χ2v) is 4.93. The van der Waals surface area contributed by atoms with Gasteiger partial charge in [-0.3, -0.25) is 0 Å². The number of anilines is 1. The van der Waals surface area contributed by atoms with Gasteiger partial charge < -0.3 is 10.3 Å². The third-order valence-electron chi connectivity index (χ3n) is 2.72. The number of para-hydroxylation sites is 1. The van der Waals surface area contributed by atoms with Crippen molar-refractivity contribution in [3.05, 3.63) is 53.0 Å². The second-order valence-electron chi connectivity index (χ2n) is 4.02. The Hall–Kier alpha value is -2.14. The molecule has 2 N–H and O–H groups in total. The summed E-state index contributed by atoms with van der Waals surface area (Å²) in [4.78, 5) is 4.37. The van der Waals surface area contributed by atoms with E-state index in [1.165, 1.54) is 0 Å². The minimum absolute atomic E-state index is 0.478. The Morgan fingerprint density at radius 3 is 2.47 bits per heavy atom. The largest absolute Gasteiger partial charge is 0.398 e. The maximum atomic E-state index is 5.89. The molecule has 4 nitrogen and oxygen atoms in total. The molecule has 0 radical (unpaired) electrons. The average molecular weight is 316 g/mol. The zero-order chi connectivity index (χ0) is 13.2. The summed E-state index contributed by atoms with van der Waals surface area (Å²) in [5.74, 6) is 0.974. The third-order valence-corrected chi connectivity index (χ3v) is 3.25. The average Bonchev–Trinajstić information content (AvgIpc) is 2.89. The molecule has 2 aromatic carbocycles. The number of aromatic nitrogens is 2. The zero-order valence-corrected chi connectivity index (χ0v) is 11.5. The van der Waals surface area contributed by atoms with E-state index >= 15 is 0 Å². The standard InChI is InChI=1S/C14H10BrN3O/c15-10-7-5-9(6-8-10)14-17-13(18-19-14)11-3-1-2-4-12(11)16/h1-8H,16H2. The van der Waals surface area contributed by atoms with Crippen LogP contribution in [0.5, 0.6) is 0 Å². The van der Waals surface area contributed by atoms with E-state index in [9.17, 15) is 0 Å². The molecule has 3 aromatic rings. The maximum Gasteiger partial charge on any atom is 0.258 e. The molecule has 0 bridgehead atoms. The molecule has 0 saturated heterocycles. The molecule has 0 amide bonds. The Morgan fingerprint density at radius 1 is 1.00 bits per heavy atom. The first-order valence-corrected chi connectivity index (χ1v) is 6.48. The molecule has 0 fully saturated rings. The molecule has 1 heterocycles. The Morgan fingerprint density at radius 2 is 1.74 bits per heavy atom. The van der Waals surface area contributed by atoms with Crippen molar-refractivity contribution in [2.45, 2.75) is 0 Å². The van der Waals surface area contributed by atoms with Crippen molar-refractivity contribution in [3.63, 3.8) is 0 Å². The molecule has 0 aliphatic rings. The Bertz CT molecular complexity index is 707. The van der Waals surface area contributed by atoms with Gasteiger partial charge in [0, 0.05) is 21.3 Å². The molecular weight excluding hydrogens is 306 g/mol. The Labute approximate surface area is 118 Å². The van der Waals surface area contributed by atoms with E-state index in [1.807, 2.05) is 48.5 Å². The summed E-state index contributed by atoms with van der Waals surface area (Å²) in [7, 11) is 0.